The SMILES string of the molecule is CCC1CCCC(Nc2nc3ccc(C)cn3n2)C1. The molecule has 0 spiro atoms. The number of nitrogens with one attached hydrogen (secondary N) is 1. The molecule has 1 N–H and O–H groups in total. The van der Waals surface area contributed by atoms with Crippen molar-refractivity contribution in [2.75, 3.05) is 5.32 Å². The van der Waals surface area contributed by atoms with Crippen LogP contribution in [0.3, 0.4) is 0 Å². The molecule has 1 saturated carbocycles. The first-order valence-corrected chi connectivity index (χ1v) is 7.34. The van der Waals surface area contributed by atoms with Crippen molar-refractivity contribution in [2.24, 2.45) is 5.92 Å². The summed E-state index contributed by atoms with van der Waals surface area (Å²) in [6, 6.07) is 4.63. The predicted molar refractivity (Wildman–Crippen MR) is 77.4 cm³/mol. The molecule has 0 bridgehead atoms. The second-order valence-corrected chi connectivity index (χ2v) is 5.73. The minimum absolute atomic E-state index is 0.539. The van der Waals surface area contributed by atoms with Crippen LogP contribution in [-0.2, 0) is 0 Å². The summed E-state index contributed by atoms with van der Waals surface area (Å²) in [5.41, 5.74) is 2.11. The molecule has 1 fully saturated rings. The Kier molecular flexibility index (Phi) is 3.40. The highest BCUT2D eigenvalue weighted by Crippen LogP contribution is 2.28. The van der Waals surface area contributed by atoms with Crippen LogP contribution >= 0.6 is 0 Å². The fraction of sp³-hybridized carbons (Fsp3) is 0.600. The molecule has 0 radical (unpaired) electrons. The van der Waals surface area contributed by atoms with Gasteiger partial charge in [-0.25, -0.2) is 4.52 Å². The molecule has 102 valence electrons. The van der Waals surface area contributed by atoms with Gasteiger partial charge in [0.2, 0.25) is 5.95 Å². The normalized spacial score (nSPS) is 23.7. The van der Waals surface area contributed by atoms with Crippen LogP contribution in [0.2, 0.25) is 0 Å². The molecule has 0 amide bonds. The van der Waals surface area contributed by atoms with E-state index in [0.717, 1.165) is 17.5 Å². The lowest BCUT2D eigenvalue weighted by Crippen LogP contribution is -2.27. The van der Waals surface area contributed by atoms with Crippen molar-refractivity contribution in [3.8, 4) is 0 Å². The molecular formula is C15H22N4. The number of aryl methyl sites for hydroxylation is 1. The summed E-state index contributed by atoms with van der Waals surface area (Å²) in [5, 5.41) is 8.02. The molecule has 2 unspecified atom stereocenters. The average Bonchev–Trinajstić information content (AvgIpc) is 2.80. The van der Waals surface area contributed by atoms with Gasteiger partial charge in [0, 0.05) is 12.2 Å². The molecule has 0 saturated heterocycles. The van der Waals surface area contributed by atoms with E-state index in [1.807, 2.05) is 16.8 Å². The summed E-state index contributed by atoms with van der Waals surface area (Å²) in [7, 11) is 0. The molecule has 2 aromatic heterocycles. The minimum atomic E-state index is 0.539. The maximum atomic E-state index is 4.54. The van der Waals surface area contributed by atoms with Crippen molar-refractivity contribution >= 4 is 11.6 Å². The second-order valence-electron chi connectivity index (χ2n) is 5.73. The number of hydrogen-bond acceptors (Lipinski definition) is 3. The largest absolute Gasteiger partial charge is 0.350 e. The maximum absolute atomic E-state index is 4.54. The summed E-state index contributed by atoms with van der Waals surface area (Å²) in [4.78, 5) is 4.54. The van der Waals surface area contributed by atoms with Crippen LogP contribution in [-0.4, -0.2) is 20.6 Å². The number of hydrogen-bond donors (Lipinski definition) is 1. The van der Waals surface area contributed by atoms with Gasteiger partial charge >= 0.3 is 0 Å². The monoisotopic (exact) mass is 258 g/mol. The maximum Gasteiger partial charge on any atom is 0.243 e. The third kappa shape index (κ3) is 2.72. The molecule has 2 heterocycles. The van der Waals surface area contributed by atoms with Crippen LogP contribution < -0.4 is 5.32 Å². The standard InChI is InChI=1S/C15H22N4/c1-3-12-5-4-6-13(9-12)16-15-17-14-8-7-11(2)10-19(14)18-15/h7-8,10,12-13H,3-6,9H2,1-2H3,(H,16,18). The molecule has 19 heavy (non-hydrogen) atoms. The third-order valence-corrected chi connectivity index (χ3v) is 4.17. The summed E-state index contributed by atoms with van der Waals surface area (Å²) in [5.74, 6) is 1.64. The van der Waals surface area contributed by atoms with Gasteiger partial charge in [0.1, 0.15) is 0 Å². The lowest BCUT2D eigenvalue weighted by molar-refractivity contribution is 0.326. The number of nitrogens with zero attached hydrogens (tertiary/aromatic N) is 3. The van der Waals surface area contributed by atoms with Gasteiger partial charge in [-0.05, 0) is 37.3 Å². The van der Waals surface area contributed by atoms with Gasteiger partial charge in [-0.3, -0.25) is 0 Å². The first-order chi connectivity index (χ1) is 9.24. The van der Waals surface area contributed by atoms with Crippen LogP contribution in [0.4, 0.5) is 5.95 Å². The molecule has 0 aliphatic heterocycles. The highest BCUT2D eigenvalue weighted by atomic mass is 15.3. The number of anilines is 1. The Morgan fingerprint density at radius 2 is 2.26 bits per heavy atom. The molecular weight excluding hydrogens is 236 g/mol. The Balaban J connectivity index is 1.74. The van der Waals surface area contributed by atoms with Crippen molar-refractivity contribution in [1.29, 1.82) is 0 Å². The molecule has 0 aromatic carbocycles. The van der Waals surface area contributed by atoms with Gasteiger partial charge < -0.3 is 5.32 Å². The van der Waals surface area contributed by atoms with E-state index in [0.29, 0.717) is 6.04 Å². The molecule has 4 nitrogen and oxygen atoms in total. The first-order valence-electron chi connectivity index (χ1n) is 7.34. The van der Waals surface area contributed by atoms with Crippen molar-refractivity contribution in [1.82, 2.24) is 14.6 Å². The molecule has 1 aliphatic carbocycles. The van der Waals surface area contributed by atoms with Crippen LogP contribution in [0.15, 0.2) is 18.3 Å². The topological polar surface area (TPSA) is 42.2 Å². The zero-order chi connectivity index (χ0) is 13.2. The molecule has 1 aliphatic rings. The summed E-state index contributed by atoms with van der Waals surface area (Å²) >= 11 is 0. The zero-order valence-electron chi connectivity index (χ0n) is 11.8. The van der Waals surface area contributed by atoms with Crippen LogP contribution in [0.25, 0.3) is 5.65 Å². The summed E-state index contributed by atoms with van der Waals surface area (Å²) < 4.78 is 1.86. The van der Waals surface area contributed by atoms with Crippen molar-refractivity contribution < 1.29 is 0 Å². The van der Waals surface area contributed by atoms with E-state index in [1.54, 1.807) is 0 Å². The van der Waals surface area contributed by atoms with E-state index >= 15 is 0 Å². The van der Waals surface area contributed by atoms with E-state index in [2.05, 4.69) is 35.3 Å². The van der Waals surface area contributed by atoms with Crippen molar-refractivity contribution in [3.63, 3.8) is 0 Å². The summed E-state index contributed by atoms with van der Waals surface area (Å²) in [6.45, 7) is 4.36. The predicted octanol–water partition coefficient (Wildman–Crippen LogP) is 3.42. The lowest BCUT2D eigenvalue weighted by Gasteiger charge is -2.28. The summed E-state index contributed by atoms with van der Waals surface area (Å²) in [6.07, 6.45) is 8.50. The Morgan fingerprint density at radius 1 is 1.37 bits per heavy atom. The Morgan fingerprint density at radius 3 is 3.11 bits per heavy atom. The molecule has 4 heteroatoms. The van der Waals surface area contributed by atoms with Gasteiger partial charge in [0.25, 0.3) is 0 Å². The van der Waals surface area contributed by atoms with E-state index in [4.69, 9.17) is 0 Å². The molecule has 2 aromatic rings. The second kappa shape index (κ2) is 5.19. The fourth-order valence-electron chi connectivity index (χ4n) is 3.02. The number of fused-ring (bicyclic) bond motifs is 1. The van der Waals surface area contributed by atoms with E-state index in [9.17, 15) is 0 Å². The highest BCUT2D eigenvalue weighted by Gasteiger charge is 2.21. The van der Waals surface area contributed by atoms with Gasteiger partial charge in [-0.15, -0.1) is 5.10 Å². The van der Waals surface area contributed by atoms with Gasteiger partial charge in [0.05, 0.1) is 0 Å². The van der Waals surface area contributed by atoms with Crippen LogP contribution in [0.5, 0.6) is 0 Å². The van der Waals surface area contributed by atoms with E-state index in [-0.39, 0.29) is 0 Å². The van der Waals surface area contributed by atoms with Gasteiger partial charge in [-0.2, -0.15) is 4.98 Å². The quantitative estimate of drug-likeness (QED) is 0.917. The number of rotatable bonds is 3. The first kappa shape index (κ1) is 12.5. The number of aromatic nitrogens is 3. The molecule has 2 atom stereocenters. The number of pyridine rings is 1. The Labute approximate surface area is 114 Å². The van der Waals surface area contributed by atoms with Crippen molar-refractivity contribution in [3.05, 3.63) is 23.9 Å². The van der Waals surface area contributed by atoms with Crippen LogP contribution in [0.1, 0.15) is 44.6 Å². The molecule has 3 rings (SSSR count). The lowest BCUT2D eigenvalue weighted by atomic mass is 9.84. The zero-order valence-corrected chi connectivity index (χ0v) is 11.8. The Hall–Kier alpha value is -1.58. The smallest absolute Gasteiger partial charge is 0.243 e. The van der Waals surface area contributed by atoms with E-state index < -0.39 is 0 Å². The third-order valence-electron chi connectivity index (χ3n) is 4.17. The fourth-order valence-corrected chi connectivity index (χ4v) is 3.02. The van der Waals surface area contributed by atoms with Gasteiger partial charge in [-0.1, -0.05) is 32.3 Å². The minimum Gasteiger partial charge on any atom is -0.350 e. The van der Waals surface area contributed by atoms with Gasteiger partial charge in [0.15, 0.2) is 5.65 Å². The Bertz CT molecular complexity index is 560. The van der Waals surface area contributed by atoms with Crippen LogP contribution in [0, 0.1) is 12.8 Å². The average molecular weight is 258 g/mol. The highest BCUT2D eigenvalue weighted by molar-refractivity contribution is 5.44. The van der Waals surface area contributed by atoms with Crippen molar-refractivity contribution in [2.45, 2.75) is 52.0 Å². The van der Waals surface area contributed by atoms with E-state index in [1.165, 1.54) is 37.7 Å².